The largest absolute Gasteiger partial charge is 0.330 e. The Hall–Kier alpha value is -2.98. The molecule has 0 saturated carbocycles. The molecule has 0 saturated heterocycles. The number of nitrogens with zero attached hydrogens (tertiary/aromatic N) is 3. The maximum absolute atomic E-state index is 6.13. The number of aromatic nitrogens is 3. The first-order chi connectivity index (χ1) is 13.3. The fourth-order valence-corrected chi connectivity index (χ4v) is 4.20. The Morgan fingerprint density at radius 2 is 1.78 bits per heavy atom. The van der Waals surface area contributed by atoms with E-state index in [9.17, 15) is 0 Å². The smallest absolute Gasteiger partial charge is 0.154 e. The zero-order valence-electron chi connectivity index (χ0n) is 15.2. The third-order valence-electron chi connectivity index (χ3n) is 5.53. The minimum Gasteiger partial charge on any atom is -0.330 e. The average Bonchev–Trinajstić information content (AvgIpc) is 3.14. The van der Waals surface area contributed by atoms with Crippen molar-refractivity contribution in [3.8, 4) is 17.1 Å². The predicted octanol–water partition coefficient (Wildman–Crippen LogP) is 4.47. The van der Waals surface area contributed by atoms with Crippen molar-refractivity contribution in [3.63, 3.8) is 0 Å². The molecule has 134 valence electrons. The van der Waals surface area contributed by atoms with Crippen LogP contribution in [0.25, 0.3) is 28.0 Å². The minimum atomic E-state index is 0.359. The third-order valence-corrected chi connectivity index (χ3v) is 5.53. The molecular formula is C23H22N4. The van der Waals surface area contributed by atoms with Gasteiger partial charge in [0.15, 0.2) is 5.82 Å². The van der Waals surface area contributed by atoms with Crippen LogP contribution in [-0.4, -0.2) is 21.3 Å². The zero-order valence-corrected chi connectivity index (χ0v) is 15.2. The molecule has 4 aromatic rings. The van der Waals surface area contributed by atoms with Crippen molar-refractivity contribution in [3.05, 3.63) is 78.0 Å². The Morgan fingerprint density at radius 3 is 2.63 bits per heavy atom. The second kappa shape index (κ2) is 6.63. The second-order valence-electron chi connectivity index (χ2n) is 7.17. The van der Waals surface area contributed by atoms with Crippen LogP contribution >= 0.6 is 0 Å². The molecule has 1 atom stereocenters. The van der Waals surface area contributed by atoms with E-state index in [0.29, 0.717) is 12.5 Å². The highest BCUT2D eigenvalue weighted by Crippen LogP contribution is 2.39. The molecule has 1 aliphatic carbocycles. The highest BCUT2D eigenvalue weighted by molar-refractivity contribution is 5.79. The molecule has 0 spiro atoms. The lowest BCUT2D eigenvalue weighted by molar-refractivity contribution is 0.549. The molecule has 1 aliphatic rings. The Bertz CT molecular complexity index is 1100. The van der Waals surface area contributed by atoms with E-state index >= 15 is 0 Å². The number of nitrogens with two attached hydrogens (primary N) is 1. The SMILES string of the molecule is NCC1CCCc2c1c(-c1ccccc1)nn2-c1ccc2ccccc2n1. The minimum absolute atomic E-state index is 0.359. The molecule has 0 bridgehead atoms. The van der Waals surface area contributed by atoms with Crippen LogP contribution in [0.2, 0.25) is 0 Å². The molecule has 0 radical (unpaired) electrons. The van der Waals surface area contributed by atoms with E-state index in [1.807, 2.05) is 22.9 Å². The summed E-state index contributed by atoms with van der Waals surface area (Å²) in [6.45, 7) is 0.656. The lowest BCUT2D eigenvalue weighted by Crippen LogP contribution is -2.19. The van der Waals surface area contributed by atoms with Crippen molar-refractivity contribution in [2.45, 2.75) is 25.2 Å². The van der Waals surface area contributed by atoms with E-state index < -0.39 is 0 Å². The highest BCUT2D eigenvalue weighted by Gasteiger charge is 2.29. The molecule has 2 N–H and O–H groups in total. The number of pyridine rings is 1. The van der Waals surface area contributed by atoms with Crippen LogP contribution < -0.4 is 5.73 Å². The van der Waals surface area contributed by atoms with Crippen LogP contribution in [0, 0.1) is 0 Å². The van der Waals surface area contributed by atoms with Crippen LogP contribution in [0.4, 0.5) is 0 Å². The van der Waals surface area contributed by atoms with Crippen LogP contribution in [0.1, 0.15) is 30.0 Å². The standard InChI is InChI=1S/C23H22N4/c24-15-18-10-6-12-20-22(18)23(17-8-2-1-3-9-17)26-27(20)21-14-13-16-7-4-5-11-19(16)25-21/h1-5,7-9,11,13-14,18H,6,10,12,15,24H2. The molecular weight excluding hydrogens is 332 g/mol. The Labute approximate surface area is 158 Å². The Kier molecular flexibility index (Phi) is 3.98. The van der Waals surface area contributed by atoms with Crippen molar-refractivity contribution >= 4 is 10.9 Å². The van der Waals surface area contributed by atoms with Gasteiger partial charge in [-0.2, -0.15) is 5.10 Å². The van der Waals surface area contributed by atoms with Gasteiger partial charge in [0.1, 0.15) is 0 Å². The summed E-state index contributed by atoms with van der Waals surface area (Å²) in [5, 5.41) is 6.18. The third kappa shape index (κ3) is 2.73. The summed E-state index contributed by atoms with van der Waals surface area (Å²) < 4.78 is 2.05. The Morgan fingerprint density at radius 1 is 0.963 bits per heavy atom. The lowest BCUT2D eigenvalue weighted by atomic mass is 9.84. The number of hydrogen-bond acceptors (Lipinski definition) is 3. The maximum Gasteiger partial charge on any atom is 0.154 e. The van der Waals surface area contributed by atoms with Crippen molar-refractivity contribution in [1.29, 1.82) is 0 Å². The first-order valence-corrected chi connectivity index (χ1v) is 9.58. The summed E-state index contributed by atoms with van der Waals surface area (Å²) in [6.07, 6.45) is 3.28. The number of para-hydroxylation sites is 1. The van der Waals surface area contributed by atoms with Crippen molar-refractivity contribution < 1.29 is 0 Å². The number of benzene rings is 2. The van der Waals surface area contributed by atoms with Crippen LogP contribution in [0.5, 0.6) is 0 Å². The molecule has 0 aliphatic heterocycles. The summed E-state index contributed by atoms with van der Waals surface area (Å²) in [5.41, 5.74) is 11.9. The molecule has 1 unspecified atom stereocenters. The van der Waals surface area contributed by atoms with Gasteiger partial charge in [0, 0.05) is 22.4 Å². The fourth-order valence-electron chi connectivity index (χ4n) is 4.20. The summed E-state index contributed by atoms with van der Waals surface area (Å²) in [6, 6.07) is 22.8. The maximum atomic E-state index is 6.13. The lowest BCUT2D eigenvalue weighted by Gasteiger charge is -2.22. The van der Waals surface area contributed by atoms with Crippen molar-refractivity contribution in [2.75, 3.05) is 6.54 Å². The molecule has 2 heterocycles. The summed E-state index contributed by atoms with van der Waals surface area (Å²) in [4.78, 5) is 4.88. The first-order valence-electron chi connectivity index (χ1n) is 9.58. The van der Waals surface area contributed by atoms with Crippen molar-refractivity contribution in [2.24, 2.45) is 5.73 Å². The van der Waals surface area contributed by atoms with Gasteiger partial charge in [0.05, 0.1) is 16.9 Å². The van der Waals surface area contributed by atoms with E-state index in [0.717, 1.165) is 47.2 Å². The predicted molar refractivity (Wildman–Crippen MR) is 109 cm³/mol. The van der Waals surface area contributed by atoms with E-state index in [2.05, 4.69) is 48.5 Å². The van der Waals surface area contributed by atoms with E-state index in [1.165, 1.54) is 11.3 Å². The monoisotopic (exact) mass is 354 g/mol. The number of rotatable bonds is 3. The van der Waals surface area contributed by atoms with E-state index in [1.54, 1.807) is 0 Å². The molecule has 5 rings (SSSR count). The van der Waals surface area contributed by atoms with Crippen LogP contribution in [-0.2, 0) is 6.42 Å². The van der Waals surface area contributed by atoms with Crippen molar-refractivity contribution in [1.82, 2.24) is 14.8 Å². The number of hydrogen-bond donors (Lipinski definition) is 1. The zero-order chi connectivity index (χ0) is 18.2. The summed E-state index contributed by atoms with van der Waals surface area (Å²) in [5.74, 6) is 1.24. The quantitative estimate of drug-likeness (QED) is 0.591. The fraction of sp³-hybridized carbons (Fsp3) is 0.217. The molecule has 0 fully saturated rings. The molecule has 2 aromatic heterocycles. The molecule has 0 amide bonds. The Balaban J connectivity index is 1.74. The number of fused-ring (bicyclic) bond motifs is 2. The van der Waals surface area contributed by atoms with Gasteiger partial charge in [-0.05, 0) is 44.0 Å². The van der Waals surface area contributed by atoms with Crippen LogP contribution in [0.15, 0.2) is 66.7 Å². The molecule has 4 nitrogen and oxygen atoms in total. The van der Waals surface area contributed by atoms with E-state index in [4.69, 9.17) is 15.8 Å². The van der Waals surface area contributed by atoms with Gasteiger partial charge >= 0.3 is 0 Å². The van der Waals surface area contributed by atoms with Gasteiger partial charge in [0.2, 0.25) is 0 Å². The summed E-state index contributed by atoms with van der Waals surface area (Å²) in [7, 11) is 0. The average molecular weight is 354 g/mol. The normalized spacial score (nSPS) is 16.4. The first kappa shape index (κ1) is 16.2. The van der Waals surface area contributed by atoms with Gasteiger partial charge in [-0.25, -0.2) is 9.67 Å². The molecule has 2 aromatic carbocycles. The molecule has 27 heavy (non-hydrogen) atoms. The van der Waals surface area contributed by atoms with Gasteiger partial charge in [-0.1, -0.05) is 48.5 Å². The van der Waals surface area contributed by atoms with Crippen LogP contribution in [0.3, 0.4) is 0 Å². The van der Waals surface area contributed by atoms with Gasteiger partial charge in [0.25, 0.3) is 0 Å². The van der Waals surface area contributed by atoms with Gasteiger partial charge in [-0.15, -0.1) is 0 Å². The van der Waals surface area contributed by atoms with Gasteiger partial charge in [-0.3, -0.25) is 0 Å². The van der Waals surface area contributed by atoms with Gasteiger partial charge < -0.3 is 5.73 Å². The highest BCUT2D eigenvalue weighted by atomic mass is 15.3. The molecule has 4 heteroatoms. The topological polar surface area (TPSA) is 56.7 Å². The summed E-state index contributed by atoms with van der Waals surface area (Å²) >= 11 is 0. The second-order valence-corrected chi connectivity index (χ2v) is 7.17. The van der Waals surface area contributed by atoms with E-state index in [-0.39, 0.29) is 0 Å².